The summed E-state index contributed by atoms with van der Waals surface area (Å²) in [6, 6.07) is 5.79. The molecular formula is C16H24ClNO. The molecule has 3 atom stereocenters. The van der Waals surface area contributed by atoms with E-state index >= 15 is 0 Å². The zero-order valence-corrected chi connectivity index (χ0v) is 12.8. The summed E-state index contributed by atoms with van der Waals surface area (Å²) in [6.07, 6.45) is 4.11. The van der Waals surface area contributed by atoms with Crippen LogP contribution in [0.1, 0.15) is 58.1 Å². The maximum atomic E-state index is 6.34. The fourth-order valence-corrected chi connectivity index (χ4v) is 3.13. The van der Waals surface area contributed by atoms with Crippen LogP contribution in [-0.4, -0.2) is 5.60 Å². The molecule has 2 rings (SSSR count). The molecule has 0 amide bonds. The molecule has 1 aromatic rings. The van der Waals surface area contributed by atoms with E-state index < -0.39 is 0 Å². The zero-order valence-electron chi connectivity index (χ0n) is 12.1. The van der Waals surface area contributed by atoms with Gasteiger partial charge >= 0.3 is 0 Å². The lowest BCUT2D eigenvalue weighted by molar-refractivity contribution is 0.0104. The van der Waals surface area contributed by atoms with E-state index in [1.165, 1.54) is 6.42 Å². The normalized spacial score (nSPS) is 27.5. The van der Waals surface area contributed by atoms with Crippen molar-refractivity contribution >= 4 is 11.6 Å². The first-order chi connectivity index (χ1) is 8.99. The Labute approximate surface area is 121 Å². The van der Waals surface area contributed by atoms with Crippen molar-refractivity contribution in [2.24, 2.45) is 11.7 Å². The fourth-order valence-electron chi connectivity index (χ4n) is 2.95. The molecule has 2 N–H and O–H groups in total. The number of ether oxygens (including phenoxy) is 1. The van der Waals surface area contributed by atoms with Crippen LogP contribution < -0.4 is 10.5 Å². The van der Waals surface area contributed by atoms with Gasteiger partial charge < -0.3 is 10.5 Å². The van der Waals surface area contributed by atoms with Crippen LogP contribution in [0.4, 0.5) is 0 Å². The molecule has 1 aliphatic heterocycles. The Kier molecular flexibility index (Phi) is 4.42. The maximum Gasteiger partial charge on any atom is 0.125 e. The molecule has 0 saturated heterocycles. The Morgan fingerprint density at radius 3 is 2.84 bits per heavy atom. The fraction of sp³-hybridized carbons (Fsp3) is 0.625. The van der Waals surface area contributed by atoms with E-state index in [4.69, 9.17) is 22.1 Å². The minimum absolute atomic E-state index is 0.0199. The summed E-state index contributed by atoms with van der Waals surface area (Å²) in [7, 11) is 0. The highest BCUT2D eigenvalue weighted by Gasteiger charge is 2.39. The van der Waals surface area contributed by atoms with Gasteiger partial charge in [-0.2, -0.15) is 0 Å². The van der Waals surface area contributed by atoms with Crippen molar-refractivity contribution in [1.82, 2.24) is 0 Å². The van der Waals surface area contributed by atoms with Crippen LogP contribution in [-0.2, 0) is 0 Å². The van der Waals surface area contributed by atoms with Crippen molar-refractivity contribution in [3.8, 4) is 5.75 Å². The molecule has 0 saturated carbocycles. The standard InChI is InChI=1S/C16H24ClNO/c1-4-11(3)9-16(5-2)10-14(18)13-8-12(17)6-7-15(13)19-16/h6-8,11,14H,4-5,9-10,18H2,1-3H3. The molecule has 19 heavy (non-hydrogen) atoms. The number of benzene rings is 1. The smallest absolute Gasteiger partial charge is 0.125 e. The molecule has 0 radical (unpaired) electrons. The predicted octanol–water partition coefficient (Wildman–Crippen LogP) is 4.71. The van der Waals surface area contributed by atoms with Crippen LogP contribution in [0, 0.1) is 5.92 Å². The van der Waals surface area contributed by atoms with E-state index in [0.29, 0.717) is 5.92 Å². The van der Waals surface area contributed by atoms with Gasteiger partial charge in [0.25, 0.3) is 0 Å². The molecule has 0 bridgehead atoms. The molecule has 106 valence electrons. The summed E-state index contributed by atoms with van der Waals surface area (Å²) in [5.74, 6) is 1.56. The molecule has 2 nitrogen and oxygen atoms in total. The van der Waals surface area contributed by atoms with Gasteiger partial charge in [0.1, 0.15) is 11.4 Å². The summed E-state index contributed by atoms with van der Waals surface area (Å²) in [5.41, 5.74) is 7.27. The Hall–Kier alpha value is -0.730. The van der Waals surface area contributed by atoms with Crippen LogP contribution >= 0.6 is 11.6 Å². The topological polar surface area (TPSA) is 35.2 Å². The number of rotatable bonds is 4. The van der Waals surface area contributed by atoms with Gasteiger partial charge in [0.15, 0.2) is 0 Å². The Morgan fingerprint density at radius 2 is 2.21 bits per heavy atom. The second-order valence-electron chi connectivity index (χ2n) is 5.85. The van der Waals surface area contributed by atoms with E-state index in [-0.39, 0.29) is 11.6 Å². The number of fused-ring (bicyclic) bond motifs is 1. The summed E-state index contributed by atoms with van der Waals surface area (Å²) >= 11 is 6.04. The van der Waals surface area contributed by atoms with Gasteiger partial charge in [0.2, 0.25) is 0 Å². The third-order valence-electron chi connectivity index (χ3n) is 4.35. The van der Waals surface area contributed by atoms with Crippen molar-refractivity contribution in [2.75, 3.05) is 0 Å². The Balaban J connectivity index is 2.29. The molecule has 1 heterocycles. The maximum absolute atomic E-state index is 6.34. The van der Waals surface area contributed by atoms with Gasteiger partial charge in [0, 0.05) is 23.0 Å². The molecule has 3 unspecified atom stereocenters. The second kappa shape index (κ2) is 5.72. The van der Waals surface area contributed by atoms with Gasteiger partial charge in [-0.05, 0) is 37.0 Å². The molecule has 1 aliphatic rings. The van der Waals surface area contributed by atoms with Crippen molar-refractivity contribution < 1.29 is 4.74 Å². The largest absolute Gasteiger partial charge is 0.487 e. The third kappa shape index (κ3) is 3.06. The molecule has 0 spiro atoms. The minimum atomic E-state index is -0.115. The first-order valence-electron chi connectivity index (χ1n) is 7.23. The second-order valence-corrected chi connectivity index (χ2v) is 6.29. The number of hydrogen-bond donors (Lipinski definition) is 1. The zero-order chi connectivity index (χ0) is 14.0. The lowest BCUT2D eigenvalue weighted by Gasteiger charge is -2.42. The van der Waals surface area contributed by atoms with E-state index in [1.807, 2.05) is 18.2 Å². The quantitative estimate of drug-likeness (QED) is 0.868. The molecule has 0 aromatic heterocycles. The molecule has 0 fully saturated rings. The van der Waals surface area contributed by atoms with Gasteiger partial charge in [-0.1, -0.05) is 38.8 Å². The Morgan fingerprint density at radius 1 is 1.47 bits per heavy atom. The van der Waals surface area contributed by atoms with Crippen LogP contribution in [0.3, 0.4) is 0 Å². The number of halogens is 1. The average molecular weight is 282 g/mol. The number of hydrogen-bond acceptors (Lipinski definition) is 2. The van der Waals surface area contributed by atoms with Gasteiger partial charge in [-0.3, -0.25) is 0 Å². The molecule has 3 heteroatoms. The van der Waals surface area contributed by atoms with Crippen molar-refractivity contribution in [3.63, 3.8) is 0 Å². The van der Waals surface area contributed by atoms with E-state index in [9.17, 15) is 0 Å². The van der Waals surface area contributed by atoms with Crippen LogP contribution in [0.25, 0.3) is 0 Å². The number of nitrogens with two attached hydrogens (primary N) is 1. The monoisotopic (exact) mass is 281 g/mol. The average Bonchev–Trinajstić information content (AvgIpc) is 2.39. The summed E-state index contributed by atoms with van der Waals surface area (Å²) < 4.78 is 6.33. The van der Waals surface area contributed by atoms with Gasteiger partial charge in [-0.15, -0.1) is 0 Å². The van der Waals surface area contributed by atoms with E-state index in [2.05, 4.69) is 20.8 Å². The van der Waals surface area contributed by atoms with Gasteiger partial charge in [-0.25, -0.2) is 0 Å². The highest BCUT2D eigenvalue weighted by Crippen LogP contribution is 2.44. The lowest BCUT2D eigenvalue weighted by atomic mass is 9.79. The van der Waals surface area contributed by atoms with Gasteiger partial charge in [0.05, 0.1) is 0 Å². The highest BCUT2D eigenvalue weighted by molar-refractivity contribution is 6.30. The van der Waals surface area contributed by atoms with Crippen LogP contribution in [0.2, 0.25) is 5.02 Å². The minimum Gasteiger partial charge on any atom is -0.487 e. The first-order valence-corrected chi connectivity index (χ1v) is 7.61. The van der Waals surface area contributed by atoms with Crippen molar-refractivity contribution in [2.45, 2.75) is 58.1 Å². The summed E-state index contributed by atoms with van der Waals surface area (Å²) in [5, 5.41) is 0.726. The molecular weight excluding hydrogens is 258 g/mol. The Bertz CT molecular complexity index is 448. The van der Waals surface area contributed by atoms with Crippen molar-refractivity contribution in [1.29, 1.82) is 0 Å². The van der Waals surface area contributed by atoms with Crippen LogP contribution in [0.15, 0.2) is 18.2 Å². The molecule has 0 aliphatic carbocycles. The highest BCUT2D eigenvalue weighted by atomic mass is 35.5. The van der Waals surface area contributed by atoms with Crippen molar-refractivity contribution in [3.05, 3.63) is 28.8 Å². The molecule has 1 aromatic carbocycles. The van der Waals surface area contributed by atoms with E-state index in [1.54, 1.807) is 0 Å². The van der Waals surface area contributed by atoms with Crippen LogP contribution in [0.5, 0.6) is 5.75 Å². The SMILES string of the molecule is CCC(C)CC1(CC)CC(N)c2cc(Cl)ccc2O1. The summed E-state index contributed by atoms with van der Waals surface area (Å²) in [4.78, 5) is 0. The first kappa shape index (κ1) is 14.7. The predicted molar refractivity (Wildman–Crippen MR) is 80.7 cm³/mol. The summed E-state index contributed by atoms with van der Waals surface area (Å²) in [6.45, 7) is 6.70. The lowest BCUT2D eigenvalue weighted by Crippen LogP contribution is -2.43. The van der Waals surface area contributed by atoms with E-state index in [0.717, 1.165) is 35.6 Å². The third-order valence-corrected chi connectivity index (χ3v) is 4.59.